The number of urea groups is 1. The van der Waals surface area contributed by atoms with E-state index in [2.05, 4.69) is 10.6 Å². The Morgan fingerprint density at radius 1 is 0.950 bits per heavy atom. The molecule has 0 bridgehead atoms. The number of anilines is 1. The van der Waals surface area contributed by atoms with Gasteiger partial charge in [0.1, 0.15) is 0 Å². The van der Waals surface area contributed by atoms with Crippen LogP contribution in [0.2, 0.25) is 15.1 Å². The lowest BCUT2D eigenvalue weighted by atomic mass is 10.2. The van der Waals surface area contributed by atoms with Crippen LogP contribution < -0.4 is 10.6 Å². The summed E-state index contributed by atoms with van der Waals surface area (Å²) in [7, 11) is 0. The maximum atomic E-state index is 11.7. The van der Waals surface area contributed by atoms with Crippen LogP contribution in [0.5, 0.6) is 0 Å². The van der Waals surface area contributed by atoms with Crippen LogP contribution in [0, 0.1) is 0 Å². The summed E-state index contributed by atoms with van der Waals surface area (Å²) in [4.78, 5) is 11.7. The standard InChI is InChI=1S/C14H11Cl3N2O/c15-10-2-4-11(5-3-10)19-14(20)18-8-9-1-6-12(16)13(17)7-9/h1-7H,8H2,(H2,18,19,20). The first-order chi connectivity index (χ1) is 9.54. The zero-order valence-electron chi connectivity index (χ0n) is 10.3. The summed E-state index contributed by atoms with van der Waals surface area (Å²) >= 11 is 17.5. The summed E-state index contributed by atoms with van der Waals surface area (Å²) in [5.41, 5.74) is 1.53. The third-order valence-electron chi connectivity index (χ3n) is 2.54. The lowest BCUT2D eigenvalue weighted by Gasteiger charge is -2.08. The Bertz CT molecular complexity index is 614. The number of hydrogen-bond acceptors (Lipinski definition) is 1. The summed E-state index contributed by atoms with van der Waals surface area (Å²) in [6.45, 7) is 0.357. The van der Waals surface area contributed by atoms with E-state index in [0.717, 1.165) is 5.56 Å². The Morgan fingerprint density at radius 2 is 1.65 bits per heavy atom. The number of benzene rings is 2. The Kier molecular flexibility index (Phi) is 5.12. The fraction of sp³-hybridized carbons (Fsp3) is 0.0714. The van der Waals surface area contributed by atoms with Crippen LogP contribution in [0.15, 0.2) is 42.5 Å². The minimum Gasteiger partial charge on any atom is -0.334 e. The number of amides is 2. The molecule has 20 heavy (non-hydrogen) atoms. The van der Waals surface area contributed by atoms with E-state index in [4.69, 9.17) is 34.8 Å². The first-order valence-electron chi connectivity index (χ1n) is 5.79. The fourth-order valence-corrected chi connectivity index (χ4v) is 1.99. The number of carbonyl (C=O) groups is 1. The molecule has 2 rings (SSSR count). The minimum atomic E-state index is -0.307. The molecule has 2 aromatic rings. The van der Waals surface area contributed by atoms with E-state index in [9.17, 15) is 4.79 Å². The molecule has 0 aromatic heterocycles. The van der Waals surface area contributed by atoms with Crippen molar-refractivity contribution in [2.45, 2.75) is 6.54 Å². The van der Waals surface area contributed by atoms with E-state index in [1.54, 1.807) is 42.5 Å². The molecular formula is C14H11Cl3N2O. The SMILES string of the molecule is O=C(NCc1ccc(Cl)c(Cl)c1)Nc1ccc(Cl)cc1. The summed E-state index contributed by atoms with van der Waals surface area (Å²) in [5, 5.41) is 6.99. The molecule has 2 aromatic carbocycles. The van der Waals surface area contributed by atoms with Crippen LogP contribution in [-0.4, -0.2) is 6.03 Å². The van der Waals surface area contributed by atoms with Gasteiger partial charge in [-0.05, 0) is 42.0 Å². The maximum absolute atomic E-state index is 11.7. The lowest BCUT2D eigenvalue weighted by molar-refractivity contribution is 0.251. The summed E-state index contributed by atoms with van der Waals surface area (Å²) < 4.78 is 0. The molecule has 0 fully saturated rings. The highest BCUT2D eigenvalue weighted by Gasteiger charge is 2.03. The van der Waals surface area contributed by atoms with Gasteiger partial charge in [-0.3, -0.25) is 0 Å². The Morgan fingerprint density at radius 3 is 2.30 bits per heavy atom. The van der Waals surface area contributed by atoms with Gasteiger partial charge in [0, 0.05) is 17.3 Å². The van der Waals surface area contributed by atoms with Crippen molar-refractivity contribution >= 4 is 46.5 Å². The van der Waals surface area contributed by atoms with Crippen molar-refractivity contribution in [1.82, 2.24) is 5.32 Å². The van der Waals surface area contributed by atoms with Crippen LogP contribution in [0.4, 0.5) is 10.5 Å². The van der Waals surface area contributed by atoms with E-state index < -0.39 is 0 Å². The minimum absolute atomic E-state index is 0.307. The van der Waals surface area contributed by atoms with Crippen LogP contribution in [0.1, 0.15) is 5.56 Å². The second kappa shape index (κ2) is 6.84. The summed E-state index contributed by atoms with van der Waals surface area (Å²) in [6.07, 6.45) is 0. The van der Waals surface area contributed by atoms with E-state index in [0.29, 0.717) is 27.3 Å². The number of halogens is 3. The summed E-state index contributed by atoms with van der Waals surface area (Å²) in [6, 6.07) is 11.8. The molecule has 0 spiro atoms. The molecule has 0 aliphatic rings. The average molecular weight is 330 g/mol. The number of nitrogens with one attached hydrogen (secondary N) is 2. The van der Waals surface area contributed by atoms with Crippen molar-refractivity contribution in [3.8, 4) is 0 Å². The zero-order chi connectivity index (χ0) is 14.5. The van der Waals surface area contributed by atoms with Crippen LogP contribution in [0.25, 0.3) is 0 Å². The highest BCUT2D eigenvalue weighted by Crippen LogP contribution is 2.22. The predicted octanol–water partition coefficient (Wildman–Crippen LogP) is 4.97. The van der Waals surface area contributed by atoms with E-state index in [1.165, 1.54) is 0 Å². The monoisotopic (exact) mass is 328 g/mol. The number of carbonyl (C=O) groups excluding carboxylic acids is 1. The van der Waals surface area contributed by atoms with Gasteiger partial charge in [-0.25, -0.2) is 4.79 Å². The van der Waals surface area contributed by atoms with Gasteiger partial charge in [0.15, 0.2) is 0 Å². The Labute approximate surface area is 131 Å². The molecule has 0 saturated carbocycles. The highest BCUT2D eigenvalue weighted by molar-refractivity contribution is 6.42. The maximum Gasteiger partial charge on any atom is 0.319 e. The molecule has 104 valence electrons. The largest absolute Gasteiger partial charge is 0.334 e. The molecule has 6 heteroatoms. The van der Waals surface area contributed by atoms with Gasteiger partial charge in [0.05, 0.1) is 10.0 Å². The fourth-order valence-electron chi connectivity index (χ4n) is 1.54. The Balaban J connectivity index is 1.88. The molecule has 2 N–H and O–H groups in total. The Hall–Kier alpha value is -1.42. The van der Waals surface area contributed by atoms with Gasteiger partial charge in [-0.15, -0.1) is 0 Å². The van der Waals surface area contributed by atoms with Gasteiger partial charge in [0.25, 0.3) is 0 Å². The molecule has 0 radical (unpaired) electrons. The average Bonchev–Trinajstić information content (AvgIpc) is 2.43. The lowest BCUT2D eigenvalue weighted by Crippen LogP contribution is -2.28. The predicted molar refractivity (Wildman–Crippen MR) is 83.8 cm³/mol. The first-order valence-corrected chi connectivity index (χ1v) is 6.92. The van der Waals surface area contributed by atoms with Crippen LogP contribution in [0.3, 0.4) is 0 Å². The molecule has 0 heterocycles. The molecule has 0 saturated heterocycles. The van der Waals surface area contributed by atoms with Crippen LogP contribution >= 0.6 is 34.8 Å². The van der Waals surface area contributed by atoms with Gasteiger partial charge in [-0.1, -0.05) is 40.9 Å². The quantitative estimate of drug-likeness (QED) is 0.820. The van der Waals surface area contributed by atoms with Crippen molar-refractivity contribution in [2.75, 3.05) is 5.32 Å². The number of rotatable bonds is 3. The van der Waals surface area contributed by atoms with Crippen molar-refractivity contribution < 1.29 is 4.79 Å². The third-order valence-corrected chi connectivity index (χ3v) is 3.53. The van der Waals surface area contributed by atoms with Crippen LogP contribution in [-0.2, 0) is 6.54 Å². The smallest absolute Gasteiger partial charge is 0.319 e. The normalized spacial score (nSPS) is 10.2. The molecule has 0 unspecified atom stereocenters. The topological polar surface area (TPSA) is 41.1 Å². The zero-order valence-corrected chi connectivity index (χ0v) is 12.6. The van der Waals surface area contributed by atoms with Gasteiger partial charge < -0.3 is 10.6 Å². The molecule has 3 nitrogen and oxygen atoms in total. The number of hydrogen-bond donors (Lipinski definition) is 2. The van der Waals surface area contributed by atoms with Crippen molar-refractivity contribution in [1.29, 1.82) is 0 Å². The van der Waals surface area contributed by atoms with E-state index >= 15 is 0 Å². The molecule has 0 aliphatic heterocycles. The van der Waals surface area contributed by atoms with E-state index in [-0.39, 0.29) is 6.03 Å². The van der Waals surface area contributed by atoms with Gasteiger partial charge >= 0.3 is 6.03 Å². The van der Waals surface area contributed by atoms with E-state index in [1.807, 2.05) is 0 Å². The second-order valence-electron chi connectivity index (χ2n) is 4.06. The highest BCUT2D eigenvalue weighted by atomic mass is 35.5. The first kappa shape index (κ1) is 15.0. The molecular weight excluding hydrogens is 319 g/mol. The van der Waals surface area contributed by atoms with Crippen molar-refractivity contribution in [3.63, 3.8) is 0 Å². The third kappa shape index (κ3) is 4.30. The van der Waals surface area contributed by atoms with Crippen molar-refractivity contribution in [2.24, 2.45) is 0 Å². The second-order valence-corrected chi connectivity index (χ2v) is 5.31. The molecule has 2 amide bonds. The van der Waals surface area contributed by atoms with Gasteiger partial charge in [-0.2, -0.15) is 0 Å². The summed E-state index contributed by atoms with van der Waals surface area (Å²) in [5.74, 6) is 0. The van der Waals surface area contributed by atoms with Gasteiger partial charge in [0.2, 0.25) is 0 Å². The molecule has 0 aliphatic carbocycles. The van der Waals surface area contributed by atoms with Crippen molar-refractivity contribution in [3.05, 3.63) is 63.1 Å². The molecule has 0 atom stereocenters.